The van der Waals surface area contributed by atoms with Crippen LogP contribution in [0.15, 0.2) is 42.6 Å². The van der Waals surface area contributed by atoms with Gasteiger partial charge >= 0.3 is 5.97 Å². The Morgan fingerprint density at radius 2 is 2.09 bits per heavy atom. The van der Waals surface area contributed by atoms with E-state index in [1.54, 1.807) is 23.7 Å². The molecule has 0 saturated heterocycles. The molecule has 0 bridgehead atoms. The van der Waals surface area contributed by atoms with Crippen molar-refractivity contribution in [3.8, 4) is 5.75 Å². The predicted molar refractivity (Wildman–Crippen MR) is 129 cm³/mol. The molecule has 4 rings (SSSR count). The molecule has 3 aromatic rings. The molecule has 0 spiro atoms. The number of halogens is 1. The molecule has 0 aliphatic carbocycles. The Morgan fingerprint density at radius 3 is 2.83 bits per heavy atom. The van der Waals surface area contributed by atoms with Gasteiger partial charge in [0.05, 0.1) is 19.6 Å². The number of rotatable bonds is 9. The highest BCUT2D eigenvalue weighted by Gasteiger charge is 2.22. The third kappa shape index (κ3) is 5.79. The smallest absolute Gasteiger partial charge is 0.305 e. The van der Waals surface area contributed by atoms with E-state index < -0.39 is 23.7 Å². The minimum Gasteiger partial charge on any atom is -0.494 e. The number of aryl methyl sites for hydroxylation is 4. The molecule has 1 aromatic carbocycles. The number of aromatic nitrogens is 2. The fourth-order valence-electron chi connectivity index (χ4n) is 4.33. The van der Waals surface area contributed by atoms with E-state index in [1.807, 2.05) is 12.3 Å². The first kappa shape index (κ1) is 24.3. The molecule has 9 heteroatoms. The lowest BCUT2D eigenvalue weighted by atomic mass is 10.0. The quantitative estimate of drug-likeness (QED) is 0.432. The topological polar surface area (TPSA) is 105 Å². The molecule has 0 fully saturated rings. The summed E-state index contributed by atoms with van der Waals surface area (Å²) in [5.74, 6) is -1.16. The van der Waals surface area contributed by atoms with Crippen molar-refractivity contribution in [1.29, 1.82) is 0 Å². The first-order chi connectivity index (χ1) is 16.8. The van der Waals surface area contributed by atoms with Crippen molar-refractivity contribution >= 4 is 17.7 Å². The summed E-state index contributed by atoms with van der Waals surface area (Å²) < 4.78 is 20.8. The summed E-state index contributed by atoms with van der Waals surface area (Å²) in [5.41, 5.74) is 3.93. The molecule has 1 aliphatic rings. The van der Waals surface area contributed by atoms with Crippen LogP contribution in [-0.4, -0.2) is 40.2 Å². The van der Waals surface area contributed by atoms with Crippen LogP contribution in [0.25, 0.3) is 0 Å². The summed E-state index contributed by atoms with van der Waals surface area (Å²) in [7, 11) is 3.11. The number of pyridine rings is 1. The number of carbonyl (C=O) groups excluding carboxylic acids is 1. The fraction of sp³-hybridized carbons (Fsp3) is 0.346. The number of carbonyl (C=O) groups is 2. The summed E-state index contributed by atoms with van der Waals surface area (Å²) in [6.07, 6.45) is 5.09. The molecule has 35 heavy (non-hydrogen) atoms. The van der Waals surface area contributed by atoms with Gasteiger partial charge in [0.25, 0.3) is 5.91 Å². The summed E-state index contributed by atoms with van der Waals surface area (Å²) in [6, 6.07) is 9.21. The highest BCUT2D eigenvalue weighted by Crippen LogP contribution is 2.25. The number of ether oxygens (including phenoxy) is 1. The van der Waals surface area contributed by atoms with Gasteiger partial charge in [-0.1, -0.05) is 12.1 Å². The Labute approximate surface area is 203 Å². The normalized spacial score (nSPS) is 13.5. The van der Waals surface area contributed by atoms with Crippen LogP contribution in [0.3, 0.4) is 0 Å². The van der Waals surface area contributed by atoms with Crippen LogP contribution in [0.4, 0.5) is 10.2 Å². The maximum Gasteiger partial charge on any atom is 0.305 e. The standard InChI is InChI=1S/C26H29FN4O4/c1-31-15-16(5-8-19-9-6-17-4-3-11-28-25(17)29-19)12-22(31)26(34)30-21(14-24(32)33)18-7-10-23(35-2)20(27)13-18/h6-7,9-10,12-13,15,21H,3-5,8,11,14H2,1-2H3,(H,28,29)(H,30,34)(H,32,33)/t21-/m0/s1. The van der Waals surface area contributed by atoms with E-state index in [0.717, 1.165) is 42.9 Å². The lowest BCUT2D eigenvalue weighted by molar-refractivity contribution is -0.137. The van der Waals surface area contributed by atoms with Crippen molar-refractivity contribution in [2.24, 2.45) is 7.05 Å². The summed E-state index contributed by atoms with van der Waals surface area (Å²) in [6.45, 7) is 0.937. The molecule has 184 valence electrons. The SMILES string of the molecule is COc1ccc([C@H](CC(=O)O)NC(=O)c2cc(CCc3ccc4c(n3)NCCC4)cn2C)cc1F. The summed E-state index contributed by atoms with van der Waals surface area (Å²) in [4.78, 5) is 29.1. The molecule has 1 amide bonds. The molecular formula is C26H29FN4O4. The van der Waals surface area contributed by atoms with Crippen molar-refractivity contribution in [2.75, 3.05) is 19.0 Å². The lowest BCUT2D eigenvalue weighted by Gasteiger charge is -2.18. The van der Waals surface area contributed by atoms with Crippen molar-refractivity contribution in [3.05, 3.63) is 76.5 Å². The molecule has 3 N–H and O–H groups in total. The molecule has 3 heterocycles. The largest absolute Gasteiger partial charge is 0.494 e. The maximum absolute atomic E-state index is 14.2. The van der Waals surface area contributed by atoms with Crippen LogP contribution in [0.5, 0.6) is 5.75 Å². The van der Waals surface area contributed by atoms with Gasteiger partial charge in [0.1, 0.15) is 11.5 Å². The fourth-order valence-corrected chi connectivity index (χ4v) is 4.33. The number of methoxy groups -OCH3 is 1. The number of hydrogen-bond donors (Lipinski definition) is 3. The number of carboxylic acids is 1. The van der Waals surface area contributed by atoms with Gasteiger partial charge in [-0.25, -0.2) is 9.37 Å². The number of carboxylic acid groups (broad SMARTS) is 1. The van der Waals surface area contributed by atoms with E-state index in [4.69, 9.17) is 9.72 Å². The zero-order valence-electron chi connectivity index (χ0n) is 19.8. The van der Waals surface area contributed by atoms with Crippen LogP contribution in [-0.2, 0) is 31.1 Å². The van der Waals surface area contributed by atoms with E-state index in [1.165, 1.54) is 24.8 Å². The first-order valence-corrected chi connectivity index (χ1v) is 11.6. The van der Waals surface area contributed by atoms with Crippen LogP contribution in [0, 0.1) is 5.82 Å². The highest BCUT2D eigenvalue weighted by atomic mass is 19.1. The third-order valence-electron chi connectivity index (χ3n) is 6.18. The number of nitrogens with zero attached hydrogens (tertiary/aromatic N) is 2. The van der Waals surface area contributed by atoms with Gasteiger partial charge < -0.3 is 25.0 Å². The zero-order valence-corrected chi connectivity index (χ0v) is 19.8. The van der Waals surface area contributed by atoms with Crippen molar-refractivity contribution in [1.82, 2.24) is 14.9 Å². The molecule has 2 aromatic heterocycles. The molecule has 0 unspecified atom stereocenters. The Kier molecular flexibility index (Phi) is 7.33. The Morgan fingerprint density at radius 1 is 1.26 bits per heavy atom. The van der Waals surface area contributed by atoms with Gasteiger partial charge in [-0.2, -0.15) is 0 Å². The summed E-state index contributed by atoms with van der Waals surface area (Å²) >= 11 is 0. The Balaban J connectivity index is 1.45. The van der Waals surface area contributed by atoms with E-state index in [9.17, 15) is 19.1 Å². The van der Waals surface area contributed by atoms with E-state index in [2.05, 4.69) is 16.7 Å². The molecule has 1 aliphatic heterocycles. The van der Waals surface area contributed by atoms with Crippen molar-refractivity contribution in [2.45, 2.75) is 38.1 Å². The zero-order chi connectivity index (χ0) is 24.9. The highest BCUT2D eigenvalue weighted by molar-refractivity contribution is 5.93. The van der Waals surface area contributed by atoms with Gasteiger partial charge in [0.2, 0.25) is 0 Å². The van der Waals surface area contributed by atoms with Gasteiger partial charge in [0, 0.05) is 25.5 Å². The van der Waals surface area contributed by atoms with Gasteiger partial charge in [-0.05, 0) is 66.6 Å². The van der Waals surface area contributed by atoms with Crippen molar-refractivity contribution < 1.29 is 23.8 Å². The lowest BCUT2D eigenvalue weighted by Crippen LogP contribution is -2.31. The number of aliphatic carboxylic acids is 1. The van der Waals surface area contributed by atoms with Crippen LogP contribution >= 0.6 is 0 Å². The second kappa shape index (κ2) is 10.6. The number of benzene rings is 1. The monoisotopic (exact) mass is 480 g/mol. The second-order valence-electron chi connectivity index (χ2n) is 8.70. The van der Waals surface area contributed by atoms with Gasteiger partial charge in [-0.15, -0.1) is 0 Å². The van der Waals surface area contributed by atoms with Gasteiger partial charge in [-0.3, -0.25) is 9.59 Å². The second-order valence-corrected chi connectivity index (χ2v) is 8.70. The predicted octanol–water partition coefficient (Wildman–Crippen LogP) is 3.66. The molecule has 1 atom stereocenters. The molecule has 0 saturated carbocycles. The number of amides is 1. The van der Waals surface area contributed by atoms with Crippen molar-refractivity contribution in [3.63, 3.8) is 0 Å². The Bertz CT molecular complexity index is 1240. The number of fused-ring (bicyclic) bond motifs is 1. The van der Waals surface area contributed by atoms with Crippen LogP contribution in [0.1, 0.15) is 51.8 Å². The minimum atomic E-state index is -1.11. The molecule has 0 radical (unpaired) electrons. The average molecular weight is 481 g/mol. The number of anilines is 1. The van der Waals surface area contributed by atoms with Crippen LogP contribution < -0.4 is 15.4 Å². The number of hydrogen-bond acceptors (Lipinski definition) is 5. The Hall–Kier alpha value is -3.88. The first-order valence-electron chi connectivity index (χ1n) is 11.6. The van der Waals surface area contributed by atoms with Gasteiger partial charge in [0.15, 0.2) is 11.6 Å². The van der Waals surface area contributed by atoms with E-state index in [0.29, 0.717) is 17.7 Å². The summed E-state index contributed by atoms with van der Waals surface area (Å²) in [5, 5.41) is 15.4. The number of nitrogens with one attached hydrogen (secondary N) is 2. The van der Waals surface area contributed by atoms with Crippen LogP contribution in [0.2, 0.25) is 0 Å². The molecular weight excluding hydrogens is 451 g/mol. The third-order valence-corrected chi connectivity index (χ3v) is 6.18. The van der Waals surface area contributed by atoms with E-state index >= 15 is 0 Å². The minimum absolute atomic E-state index is 0.0467. The maximum atomic E-state index is 14.2. The average Bonchev–Trinajstić information content (AvgIpc) is 3.22. The molecule has 8 nitrogen and oxygen atoms in total. The van der Waals surface area contributed by atoms with E-state index in [-0.39, 0.29) is 12.2 Å².